The molecule has 1 amide bonds. The number of carbonyl (C=O) groups excluding carboxylic acids is 1. The van der Waals surface area contributed by atoms with Crippen molar-refractivity contribution in [2.24, 2.45) is 0 Å². The molecule has 150 valence electrons. The molecule has 0 aliphatic carbocycles. The van der Waals surface area contributed by atoms with Gasteiger partial charge in [-0.2, -0.15) is 5.10 Å². The molecule has 4 rings (SSSR count). The van der Waals surface area contributed by atoms with Crippen LogP contribution >= 0.6 is 23.8 Å². The number of benzene rings is 2. The summed E-state index contributed by atoms with van der Waals surface area (Å²) in [5, 5.41) is 7.88. The van der Waals surface area contributed by atoms with Gasteiger partial charge in [0.1, 0.15) is 6.54 Å². The van der Waals surface area contributed by atoms with Gasteiger partial charge in [-0.3, -0.25) is 14.5 Å². The monoisotopic (exact) mass is 427 g/mol. The van der Waals surface area contributed by atoms with E-state index in [4.69, 9.17) is 23.8 Å². The summed E-state index contributed by atoms with van der Waals surface area (Å²) in [6.07, 6.45) is 0. The Morgan fingerprint density at radius 2 is 1.90 bits per heavy atom. The molecular formula is C21H22ClN5OS. The van der Waals surface area contributed by atoms with Crippen molar-refractivity contribution in [1.82, 2.24) is 19.7 Å². The van der Waals surface area contributed by atoms with Gasteiger partial charge in [0.2, 0.25) is 5.91 Å². The molecule has 2 aromatic carbocycles. The number of piperazine rings is 1. The van der Waals surface area contributed by atoms with Crippen LogP contribution in [0.4, 0.5) is 5.69 Å². The molecular weight excluding hydrogens is 406 g/mol. The van der Waals surface area contributed by atoms with Gasteiger partial charge in [0, 0.05) is 42.5 Å². The highest BCUT2D eigenvalue weighted by Gasteiger charge is 2.23. The number of H-pyrrole nitrogens is 1. The molecule has 6 nitrogen and oxygen atoms in total. The third kappa shape index (κ3) is 4.36. The molecule has 0 saturated carbocycles. The number of rotatable bonds is 4. The van der Waals surface area contributed by atoms with E-state index in [1.807, 2.05) is 60.4 Å². The zero-order chi connectivity index (χ0) is 20.4. The molecule has 0 unspecified atom stereocenters. The van der Waals surface area contributed by atoms with E-state index in [9.17, 15) is 4.79 Å². The lowest BCUT2D eigenvalue weighted by atomic mass is 10.1. The fourth-order valence-corrected chi connectivity index (χ4v) is 3.97. The summed E-state index contributed by atoms with van der Waals surface area (Å²) < 4.78 is 2.22. The van der Waals surface area contributed by atoms with Crippen molar-refractivity contribution in [2.75, 3.05) is 31.1 Å². The molecule has 8 heteroatoms. The predicted octanol–water partition coefficient (Wildman–Crippen LogP) is 3.92. The number of nitrogens with one attached hydrogen (secondary N) is 1. The van der Waals surface area contributed by atoms with Crippen molar-refractivity contribution in [2.45, 2.75) is 13.5 Å². The third-order valence-electron chi connectivity index (χ3n) is 5.13. The molecule has 1 saturated heterocycles. The van der Waals surface area contributed by atoms with Gasteiger partial charge in [-0.15, -0.1) is 0 Å². The second kappa shape index (κ2) is 8.39. The van der Waals surface area contributed by atoms with Crippen molar-refractivity contribution in [1.29, 1.82) is 0 Å². The van der Waals surface area contributed by atoms with Gasteiger partial charge in [-0.1, -0.05) is 41.4 Å². The maximum Gasteiger partial charge on any atom is 0.242 e. The van der Waals surface area contributed by atoms with Crippen molar-refractivity contribution >= 4 is 35.4 Å². The highest BCUT2D eigenvalue weighted by Crippen LogP contribution is 2.22. The number of halogens is 1. The summed E-state index contributed by atoms with van der Waals surface area (Å²) in [7, 11) is 0. The molecule has 2 heterocycles. The van der Waals surface area contributed by atoms with Crippen molar-refractivity contribution in [3.05, 3.63) is 63.9 Å². The first-order valence-electron chi connectivity index (χ1n) is 9.52. The molecule has 0 spiro atoms. The van der Waals surface area contributed by atoms with Crippen LogP contribution in [0.5, 0.6) is 0 Å². The number of hydrogen-bond donors (Lipinski definition) is 1. The maximum atomic E-state index is 12.9. The van der Waals surface area contributed by atoms with E-state index >= 15 is 0 Å². The second-order valence-corrected chi connectivity index (χ2v) is 7.98. The summed E-state index contributed by atoms with van der Waals surface area (Å²) in [6, 6.07) is 15.8. The van der Waals surface area contributed by atoms with Crippen molar-refractivity contribution < 1.29 is 4.79 Å². The molecule has 1 fully saturated rings. The Morgan fingerprint density at radius 1 is 1.14 bits per heavy atom. The number of hydrogen-bond acceptors (Lipinski definition) is 4. The van der Waals surface area contributed by atoms with Gasteiger partial charge in [0.15, 0.2) is 10.6 Å². The summed E-state index contributed by atoms with van der Waals surface area (Å²) in [4.78, 5) is 17.1. The Kier molecular flexibility index (Phi) is 5.69. The fourth-order valence-electron chi connectivity index (χ4n) is 3.59. The molecule has 1 aliphatic heterocycles. The number of aromatic nitrogens is 3. The van der Waals surface area contributed by atoms with Crippen molar-refractivity contribution in [3.63, 3.8) is 0 Å². The molecule has 0 bridgehead atoms. The zero-order valence-corrected chi connectivity index (χ0v) is 17.7. The molecule has 1 aromatic heterocycles. The van der Waals surface area contributed by atoms with E-state index in [0.717, 1.165) is 34.9 Å². The van der Waals surface area contributed by atoms with Crippen LogP contribution in [-0.4, -0.2) is 51.8 Å². The minimum Gasteiger partial charge on any atom is -0.368 e. The van der Waals surface area contributed by atoms with Crippen LogP contribution in [0.1, 0.15) is 5.56 Å². The van der Waals surface area contributed by atoms with E-state index < -0.39 is 0 Å². The summed E-state index contributed by atoms with van der Waals surface area (Å²) >= 11 is 11.5. The first-order valence-corrected chi connectivity index (χ1v) is 10.3. The van der Waals surface area contributed by atoms with Gasteiger partial charge in [-0.25, -0.2) is 0 Å². The van der Waals surface area contributed by atoms with Crippen LogP contribution in [0.15, 0.2) is 48.5 Å². The standard InChI is InChI=1S/C21H22ClN5OS/c1-15-4-2-5-16(12-15)20-23-24-21(29)27(20)14-19(28)26-10-8-25(9-11-26)18-7-3-6-17(22)13-18/h2-7,12-13H,8-11,14H2,1H3,(H,24,29). The van der Waals surface area contributed by atoms with Crippen molar-refractivity contribution in [3.8, 4) is 11.4 Å². The molecule has 1 N–H and O–H groups in total. The third-order valence-corrected chi connectivity index (χ3v) is 5.68. The first kappa shape index (κ1) is 19.7. The lowest BCUT2D eigenvalue weighted by Gasteiger charge is -2.36. The quantitative estimate of drug-likeness (QED) is 0.641. The van der Waals surface area contributed by atoms with Crippen LogP contribution < -0.4 is 4.90 Å². The first-order chi connectivity index (χ1) is 14.0. The number of amides is 1. The van der Waals surface area contributed by atoms with Gasteiger partial charge in [-0.05, 0) is 43.4 Å². The van der Waals surface area contributed by atoms with Crippen LogP contribution in [0.2, 0.25) is 5.02 Å². The van der Waals surface area contributed by atoms with E-state index in [1.54, 1.807) is 4.57 Å². The summed E-state index contributed by atoms with van der Waals surface area (Å²) in [5.74, 6) is 0.728. The highest BCUT2D eigenvalue weighted by molar-refractivity contribution is 7.71. The molecule has 1 aliphatic rings. The minimum atomic E-state index is 0.0437. The smallest absolute Gasteiger partial charge is 0.242 e. The van der Waals surface area contributed by atoms with Crippen LogP contribution in [0.25, 0.3) is 11.4 Å². The number of nitrogens with zero attached hydrogens (tertiary/aromatic N) is 4. The van der Waals surface area contributed by atoms with Crippen LogP contribution in [0.3, 0.4) is 0 Å². The number of aryl methyl sites for hydroxylation is 1. The van der Waals surface area contributed by atoms with E-state index in [-0.39, 0.29) is 12.5 Å². The molecule has 29 heavy (non-hydrogen) atoms. The Labute approximate surface area is 179 Å². The van der Waals surface area contributed by atoms with Gasteiger partial charge in [0.25, 0.3) is 0 Å². The normalized spacial score (nSPS) is 14.3. The lowest BCUT2D eigenvalue weighted by molar-refractivity contribution is -0.132. The zero-order valence-electron chi connectivity index (χ0n) is 16.1. The largest absolute Gasteiger partial charge is 0.368 e. The van der Waals surface area contributed by atoms with E-state index in [0.29, 0.717) is 23.7 Å². The average molecular weight is 428 g/mol. The SMILES string of the molecule is Cc1cccc(-c2n[nH]c(=S)n2CC(=O)N2CCN(c3cccc(Cl)c3)CC2)c1. The number of aromatic amines is 1. The van der Waals surface area contributed by atoms with Gasteiger partial charge < -0.3 is 9.80 Å². The Balaban J connectivity index is 1.45. The molecule has 0 atom stereocenters. The fraction of sp³-hybridized carbons (Fsp3) is 0.286. The number of carbonyl (C=O) groups is 1. The topological polar surface area (TPSA) is 57.2 Å². The van der Waals surface area contributed by atoms with E-state index in [1.165, 1.54) is 0 Å². The Hall–Kier alpha value is -2.64. The molecule has 0 radical (unpaired) electrons. The Morgan fingerprint density at radius 3 is 2.62 bits per heavy atom. The second-order valence-electron chi connectivity index (χ2n) is 7.16. The predicted molar refractivity (Wildman–Crippen MR) is 118 cm³/mol. The highest BCUT2D eigenvalue weighted by atomic mass is 35.5. The van der Waals surface area contributed by atoms with Gasteiger partial charge >= 0.3 is 0 Å². The Bertz CT molecular complexity index is 1080. The maximum absolute atomic E-state index is 12.9. The van der Waals surface area contributed by atoms with Gasteiger partial charge in [0.05, 0.1) is 0 Å². The lowest BCUT2D eigenvalue weighted by Crippen LogP contribution is -2.49. The van der Waals surface area contributed by atoms with E-state index in [2.05, 4.69) is 15.1 Å². The summed E-state index contributed by atoms with van der Waals surface area (Å²) in [5.41, 5.74) is 3.16. The minimum absolute atomic E-state index is 0.0437. The average Bonchev–Trinajstić information content (AvgIpc) is 3.08. The van der Waals surface area contributed by atoms with Crippen LogP contribution in [-0.2, 0) is 11.3 Å². The molecule has 3 aromatic rings. The number of anilines is 1. The van der Waals surface area contributed by atoms with Crippen LogP contribution in [0, 0.1) is 11.7 Å². The summed E-state index contributed by atoms with van der Waals surface area (Å²) in [6.45, 7) is 5.07.